The van der Waals surface area contributed by atoms with E-state index in [-0.39, 0.29) is 11.8 Å². The lowest BCUT2D eigenvalue weighted by Crippen LogP contribution is -2.25. The highest BCUT2D eigenvalue weighted by Crippen LogP contribution is 2.36. The molecule has 140 valence electrons. The standard InChI is InChI=1S/C21H21F2N3O/c22-15-10-17-13(3-1-5-16(17)18(23)11-15)4-2-8-24-21(27)14-6-7-19-20(9-14)26-12-25-19/h6-7,9-13H,1-5,8H2,(H,24,27)(H,25,26)/t13-/m1/s1. The number of hydrogen-bond donors (Lipinski definition) is 2. The Labute approximate surface area is 156 Å². The van der Waals surface area contributed by atoms with E-state index in [1.165, 1.54) is 6.07 Å². The van der Waals surface area contributed by atoms with E-state index in [1.807, 2.05) is 6.07 Å². The summed E-state index contributed by atoms with van der Waals surface area (Å²) in [6.07, 6.45) is 5.68. The van der Waals surface area contributed by atoms with Crippen molar-refractivity contribution >= 4 is 16.9 Å². The van der Waals surface area contributed by atoms with Gasteiger partial charge in [-0.05, 0) is 73.4 Å². The minimum absolute atomic E-state index is 0.132. The van der Waals surface area contributed by atoms with Crippen molar-refractivity contribution in [2.75, 3.05) is 6.54 Å². The van der Waals surface area contributed by atoms with Crippen LogP contribution >= 0.6 is 0 Å². The van der Waals surface area contributed by atoms with Crippen LogP contribution in [0.15, 0.2) is 36.7 Å². The molecule has 27 heavy (non-hydrogen) atoms. The number of rotatable bonds is 5. The Bertz CT molecular complexity index is 983. The Morgan fingerprint density at radius 1 is 1.26 bits per heavy atom. The number of aromatic nitrogens is 2. The normalized spacial score (nSPS) is 16.3. The molecule has 2 N–H and O–H groups in total. The summed E-state index contributed by atoms with van der Waals surface area (Å²) in [4.78, 5) is 19.4. The smallest absolute Gasteiger partial charge is 0.251 e. The number of aromatic amines is 1. The van der Waals surface area contributed by atoms with Gasteiger partial charge in [-0.2, -0.15) is 0 Å². The predicted octanol–water partition coefficient (Wildman–Crippen LogP) is 4.47. The van der Waals surface area contributed by atoms with Gasteiger partial charge in [0.2, 0.25) is 0 Å². The molecule has 0 spiro atoms. The van der Waals surface area contributed by atoms with Crippen LogP contribution in [0, 0.1) is 11.6 Å². The number of nitrogens with one attached hydrogen (secondary N) is 2. The first-order chi connectivity index (χ1) is 13.1. The Hall–Kier alpha value is -2.76. The number of benzene rings is 2. The van der Waals surface area contributed by atoms with E-state index >= 15 is 0 Å². The summed E-state index contributed by atoms with van der Waals surface area (Å²) in [6, 6.07) is 7.78. The van der Waals surface area contributed by atoms with E-state index in [0.29, 0.717) is 24.1 Å². The minimum Gasteiger partial charge on any atom is -0.352 e. The van der Waals surface area contributed by atoms with Gasteiger partial charge < -0.3 is 10.3 Å². The third kappa shape index (κ3) is 3.70. The molecule has 0 bridgehead atoms. The molecular formula is C21H21F2N3O. The van der Waals surface area contributed by atoms with Crippen LogP contribution < -0.4 is 5.32 Å². The van der Waals surface area contributed by atoms with E-state index in [2.05, 4.69) is 15.3 Å². The molecule has 0 saturated carbocycles. The number of carbonyl (C=O) groups excluding carboxylic acids is 1. The van der Waals surface area contributed by atoms with Gasteiger partial charge in [-0.25, -0.2) is 13.8 Å². The zero-order valence-corrected chi connectivity index (χ0v) is 14.9. The lowest BCUT2D eigenvalue weighted by atomic mass is 9.80. The molecule has 1 atom stereocenters. The largest absolute Gasteiger partial charge is 0.352 e. The average molecular weight is 369 g/mol. The Morgan fingerprint density at radius 2 is 2.15 bits per heavy atom. The van der Waals surface area contributed by atoms with Gasteiger partial charge in [-0.1, -0.05) is 0 Å². The molecule has 1 aliphatic rings. The first kappa shape index (κ1) is 17.6. The highest BCUT2D eigenvalue weighted by atomic mass is 19.1. The highest BCUT2D eigenvalue weighted by Gasteiger charge is 2.23. The Morgan fingerprint density at radius 3 is 3.04 bits per heavy atom. The number of halogens is 2. The number of H-pyrrole nitrogens is 1. The van der Waals surface area contributed by atoms with Crippen molar-refractivity contribution in [3.63, 3.8) is 0 Å². The molecule has 0 aliphatic heterocycles. The number of fused-ring (bicyclic) bond motifs is 2. The molecule has 0 fully saturated rings. The van der Waals surface area contributed by atoms with Crippen LogP contribution in [0.2, 0.25) is 0 Å². The van der Waals surface area contributed by atoms with Crippen LogP contribution in [0.25, 0.3) is 11.0 Å². The van der Waals surface area contributed by atoms with E-state index < -0.39 is 11.6 Å². The first-order valence-electron chi connectivity index (χ1n) is 9.31. The second kappa shape index (κ2) is 7.47. The molecular weight excluding hydrogens is 348 g/mol. The van der Waals surface area contributed by atoms with Crippen LogP contribution in [0.3, 0.4) is 0 Å². The Kier molecular flexibility index (Phi) is 4.88. The summed E-state index contributed by atoms with van der Waals surface area (Å²) in [5.41, 5.74) is 3.69. The number of carbonyl (C=O) groups is 1. The van der Waals surface area contributed by atoms with Crippen molar-refractivity contribution in [3.8, 4) is 0 Å². The molecule has 4 rings (SSSR count). The molecule has 0 unspecified atom stereocenters. The minimum atomic E-state index is -0.513. The van der Waals surface area contributed by atoms with Crippen LogP contribution in [0.4, 0.5) is 8.78 Å². The molecule has 3 aromatic rings. The van der Waals surface area contributed by atoms with Gasteiger partial charge in [0.05, 0.1) is 17.4 Å². The lowest BCUT2D eigenvalue weighted by Gasteiger charge is -2.26. The van der Waals surface area contributed by atoms with Crippen molar-refractivity contribution in [1.82, 2.24) is 15.3 Å². The summed E-state index contributed by atoms with van der Waals surface area (Å²) in [5, 5.41) is 2.92. The molecule has 0 saturated heterocycles. The molecule has 1 amide bonds. The van der Waals surface area contributed by atoms with Crippen molar-refractivity contribution in [2.45, 2.75) is 38.0 Å². The van der Waals surface area contributed by atoms with Crippen LogP contribution in [0.1, 0.15) is 53.1 Å². The summed E-state index contributed by atoms with van der Waals surface area (Å²) in [7, 11) is 0. The van der Waals surface area contributed by atoms with Crippen LogP contribution in [0.5, 0.6) is 0 Å². The molecule has 1 aromatic heterocycles. The summed E-state index contributed by atoms with van der Waals surface area (Å²) >= 11 is 0. The number of amides is 1. The van der Waals surface area contributed by atoms with Gasteiger partial charge in [0, 0.05) is 18.2 Å². The average Bonchev–Trinajstić information content (AvgIpc) is 3.13. The van der Waals surface area contributed by atoms with E-state index in [4.69, 9.17) is 0 Å². The maximum absolute atomic E-state index is 14.0. The zero-order chi connectivity index (χ0) is 18.8. The Balaban J connectivity index is 1.33. The first-order valence-corrected chi connectivity index (χ1v) is 9.31. The number of hydrogen-bond acceptors (Lipinski definition) is 2. The molecule has 4 nitrogen and oxygen atoms in total. The molecule has 1 heterocycles. The van der Waals surface area contributed by atoms with E-state index in [0.717, 1.165) is 48.3 Å². The van der Waals surface area contributed by atoms with Crippen molar-refractivity contribution < 1.29 is 13.6 Å². The van der Waals surface area contributed by atoms with E-state index in [1.54, 1.807) is 18.5 Å². The maximum Gasteiger partial charge on any atom is 0.251 e. The third-order valence-electron chi connectivity index (χ3n) is 5.31. The SMILES string of the molecule is O=C(NCCC[C@H]1CCCc2c(F)cc(F)cc21)c1ccc2nc[nH]c2c1. The summed E-state index contributed by atoms with van der Waals surface area (Å²) in [6.45, 7) is 0.531. The lowest BCUT2D eigenvalue weighted by molar-refractivity contribution is 0.0953. The molecule has 2 aromatic carbocycles. The summed E-state index contributed by atoms with van der Waals surface area (Å²) < 4.78 is 27.6. The fraction of sp³-hybridized carbons (Fsp3) is 0.333. The van der Waals surface area contributed by atoms with Gasteiger partial charge >= 0.3 is 0 Å². The second-order valence-corrected chi connectivity index (χ2v) is 7.08. The summed E-state index contributed by atoms with van der Waals surface area (Å²) in [5.74, 6) is -0.928. The van der Waals surface area contributed by atoms with Gasteiger partial charge in [0.1, 0.15) is 11.6 Å². The van der Waals surface area contributed by atoms with Gasteiger partial charge in [0.25, 0.3) is 5.91 Å². The topological polar surface area (TPSA) is 57.8 Å². The maximum atomic E-state index is 14.0. The van der Waals surface area contributed by atoms with Crippen molar-refractivity contribution in [2.24, 2.45) is 0 Å². The fourth-order valence-electron chi connectivity index (χ4n) is 3.96. The highest BCUT2D eigenvalue weighted by molar-refractivity contribution is 5.97. The second-order valence-electron chi connectivity index (χ2n) is 7.08. The predicted molar refractivity (Wildman–Crippen MR) is 99.7 cm³/mol. The van der Waals surface area contributed by atoms with E-state index in [9.17, 15) is 13.6 Å². The number of imidazole rings is 1. The molecule has 0 radical (unpaired) electrons. The van der Waals surface area contributed by atoms with Gasteiger partial charge in [0.15, 0.2) is 0 Å². The quantitative estimate of drug-likeness (QED) is 0.652. The van der Waals surface area contributed by atoms with Gasteiger partial charge in [-0.3, -0.25) is 4.79 Å². The molecule has 6 heteroatoms. The monoisotopic (exact) mass is 369 g/mol. The van der Waals surface area contributed by atoms with Crippen LogP contribution in [-0.2, 0) is 6.42 Å². The van der Waals surface area contributed by atoms with Crippen molar-refractivity contribution in [1.29, 1.82) is 0 Å². The van der Waals surface area contributed by atoms with Crippen LogP contribution in [-0.4, -0.2) is 22.4 Å². The number of nitrogens with zero attached hydrogens (tertiary/aromatic N) is 1. The molecule has 1 aliphatic carbocycles. The van der Waals surface area contributed by atoms with Gasteiger partial charge in [-0.15, -0.1) is 0 Å². The fourth-order valence-corrected chi connectivity index (χ4v) is 3.96. The van der Waals surface area contributed by atoms with Crippen molar-refractivity contribution in [3.05, 3.63) is 65.0 Å². The zero-order valence-electron chi connectivity index (χ0n) is 14.9. The third-order valence-corrected chi connectivity index (χ3v) is 5.31.